The van der Waals surface area contributed by atoms with E-state index in [1.807, 2.05) is 30.5 Å². The number of hydrogen-bond acceptors (Lipinski definition) is 4. The molecule has 0 aliphatic rings. The quantitative estimate of drug-likeness (QED) is 0.777. The molecule has 1 N–H and O–H groups in total. The van der Waals surface area contributed by atoms with Gasteiger partial charge in [0.05, 0.1) is 0 Å². The molecule has 5 nitrogen and oxygen atoms in total. The lowest BCUT2D eigenvalue weighted by atomic mass is 10.2. The summed E-state index contributed by atoms with van der Waals surface area (Å²) in [4.78, 5) is 8.39. The maximum Gasteiger partial charge on any atom is 0.158 e. The molecule has 0 fully saturated rings. The van der Waals surface area contributed by atoms with Crippen LogP contribution in [0.25, 0.3) is 5.82 Å². The van der Waals surface area contributed by atoms with Gasteiger partial charge in [0, 0.05) is 24.1 Å². The molecule has 0 saturated carbocycles. The third-order valence-corrected chi connectivity index (χ3v) is 2.72. The number of anilines is 2. The first-order chi connectivity index (χ1) is 9.31. The summed E-state index contributed by atoms with van der Waals surface area (Å²) in [6.45, 7) is 2.06. The molecule has 1 aromatic carbocycles. The zero-order chi connectivity index (χ0) is 13.1. The van der Waals surface area contributed by atoms with E-state index in [-0.39, 0.29) is 0 Å². The molecule has 0 aliphatic carbocycles. The molecule has 0 saturated heterocycles. The van der Waals surface area contributed by atoms with Crippen LogP contribution >= 0.6 is 0 Å². The number of aromatic nitrogens is 4. The minimum absolute atomic E-state index is 0.731. The Morgan fingerprint density at radius 1 is 1.11 bits per heavy atom. The Balaban J connectivity index is 1.85. The predicted octanol–water partition coefficient (Wildman–Crippen LogP) is 2.71. The number of benzene rings is 1. The highest BCUT2D eigenvalue weighted by Crippen LogP contribution is 2.16. The third kappa shape index (κ3) is 2.60. The maximum atomic E-state index is 4.20. The molecule has 5 heteroatoms. The Kier molecular flexibility index (Phi) is 2.94. The van der Waals surface area contributed by atoms with E-state index in [1.165, 1.54) is 11.9 Å². The Labute approximate surface area is 111 Å². The van der Waals surface area contributed by atoms with E-state index in [9.17, 15) is 0 Å². The molecule has 94 valence electrons. The lowest BCUT2D eigenvalue weighted by Gasteiger charge is -2.07. The Morgan fingerprint density at radius 3 is 2.68 bits per heavy atom. The normalized spacial score (nSPS) is 10.4. The second-order valence-electron chi connectivity index (χ2n) is 4.20. The number of nitrogens with one attached hydrogen (secondary N) is 1. The molecule has 0 amide bonds. The molecule has 2 aromatic heterocycles. The summed E-state index contributed by atoms with van der Waals surface area (Å²) in [6.07, 6.45) is 5.08. The Bertz CT molecular complexity index is 659. The standard InChI is InChI=1S/C14H13N5/c1-11-3-5-12(6-4-11)18-13-9-14(16-10-15-13)19-8-2-7-17-19/h2-10H,1H3,(H,15,16,18). The van der Waals surface area contributed by atoms with E-state index in [4.69, 9.17) is 0 Å². The maximum absolute atomic E-state index is 4.20. The van der Waals surface area contributed by atoms with Gasteiger partial charge in [0.15, 0.2) is 5.82 Å². The molecule has 3 rings (SSSR count). The number of nitrogens with zero attached hydrogens (tertiary/aromatic N) is 4. The summed E-state index contributed by atoms with van der Waals surface area (Å²) >= 11 is 0. The molecule has 0 unspecified atom stereocenters. The average molecular weight is 251 g/mol. The molecule has 0 radical (unpaired) electrons. The molecule has 3 aromatic rings. The number of aryl methyl sites for hydroxylation is 1. The molecular weight excluding hydrogens is 238 g/mol. The fraction of sp³-hybridized carbons (Fsp3) is 0.0714. The Hall–Kier alpha value is -2.69. The van der Waals surface area contributed by atoms with Crippen LogP contribution in [0.2, 0.25) is 0 Å². The lowest BCUT2D eigenvalue weighted by molar-refractivity contribution is 0.840. The van der Waals surface area contributed by atoms with Crippen molar-refractivity contribution in [1.82, 2.24) is 19.7 Å². The van der Waals surface area contributed by atoms with Crippen molar-refractivity contribution >= 4 is 11.5 Å². The van der Waals surface area contributed by atoms with Gasteiger partial charge < -0.3 is 5.32 Å². The zero-order valence-corrected chi connectivity index (χ0v) is 10.5. The van der Waals surface area contributed by atoms with Crippen LogP contribution in [-0.2, 0) is 0 Å². The van der Waals surface area contributed by atoms with Crippen molar-refractivity contribution in [2.75, 3.05) is 5.32 Å². The minimum Gasteiger partial charge on any atom is -0.340 e. The van der Waals surface area contributed by atoms with E-state index in [2.05, 4.69) is 39.4 Å². The fourth-order valence-electron chi connectivity index (χ4n) is 1.73. The number of rotatable bonds is 3. The lowest BCUT2D eigenvalue weighted by Crippen LogP contribution is -2.01. The van der Waals surface area contributed by atoms with Crippen molar-refractivity contribution in [3.05, 3.63) is 60.7 Å². The Morgan fingerprint density at radius 2 is 1.95 bits per heavy atom. The van der Waals surface area contributed by atoms with E-state index < -0.39 is 0 Å². The molecular formula is C14H13N5. The second kappa shape index (κ2) is 4.89. The summed E-state index contributed by atoms with van der Waals surface area (Å²) in [6, 6.07) is 11.9. The first kappa shape index (κ1) is 11.4. The molecule has 2 heterocycles. The van der Waals surface area contributed by atoms with Crippen molar-refractivity contribution < 1.29 is 0 Å². The van der Waals surface area contributed by atoms with Crippen LogP contribution in [0, 0.1) is 6.92 Å². The average Bonchev–Trinajstić information content (AvgIpc) is 2.96. The third-order valence-electron chi connectivity index (χ3n) is 2.72. The first-order valence-electron chi connectivity index (χ1n) is 5.97. The number of hydrogen-bond donors (Lipinski definition) is 1. The smallest absolute Gasteiger partial charge is 0.158 e. The topological polar surface area (TPSA) is 55.6 Å². The van der Waals surface area contributed by atoms with Gasteiger partial charge in [-0.25, -0.2) is 14.6 Å². The van der Waals surface area contributed by atoms with Crippen molar-refractivity contribution in [3.8, 4) is 5.82 Å². The minimum atomic E-state index is 0.731. The monoisotopic (exact) mass is 251 g/mol. The molecule has 0 bridgehead atoms. The van der Waals surface area contributed by atoms with Crippen LogP contribution in [0.3, 0.4) is 0 Å². The summed E-state index contributed by atoms with van der Waals surface area (Å²) < 4.78 is 1.70. The van der Waals surface area contributed by atoms with Crippen LogP contribution in [0.5, 0.6) is 0 Å². The summed E-state index contributed by atoms with van der Waals surface area (Å²) in [5.74, 6) is 1.47. The van der Waals surface area contributed by atoms with Crippen LogP contribution < -0.4 is 5.32 Å². The van der Waals surface area contributed by atoms with Gasteiger partial charge in [0.1, 0.15) is 12.1 Å². The highest BCUT2D eigenvalue weighted by molar-refractivity contribution is 5.57. The molecule has 19 heavy (non-hydrogen) atoms. The van der Waals surface area contributed by atoms with E-state index in [0.29, 0.717) is 0 Å². The highest BCUT2D eigenvalue weighted by atomic mass is 15.3. The van der Waals surface area contributed by atoms with Crippen LogP contribution in [-0.4, -0.2) is 19.7 Å². The second-order valence-corrected chi connectivity index (χ2v) is 4.20. The van der Waals surface area contributed by atoms with Crippen LogP contribution in [0.4, 0.5) is 11.5 Å². The first-order valence-corrected chi connectivity index (χ1v) is 5.97. The van der Waals surface area contributed by atoms with Crippen molar-refractivity contribution in [1.29, 1.82) is 0 Å². The van der Waals surface area contributed by atoms with Gasteiger partial charge in [0.2, 0.25) is 0 Å². The summed E-state index contributed by atoms with van der Waals surface area (Å²) in [7, 11) is 0. The van der Waals surface area contributed by atoms with E-state index in [0.717, 1.165) is 17.3 Å². The fourth-order valence-corrected chi connectivity index (χ4v) is 1.73. The van der Waals surface area contributed by atoms with Gasteiger partial charge in [-0.2, -0.15) is 5.10 Å². The molecule has 0 spiro atoms. The van der Waals surface area contributed by atoms with E-state index in [1.54, 1.807) is 10.9 Å². The van der Waals surface area contributed by atoms with Gasteiger partial charge in [-0.15, -0.1) is 0 Å². The molecule has 0 atom stereocenters. The van der Waals surface area contributed by atoms with Gasteiger partial charge in [0.25, 0.3) is 0 Å². The highest BCUT2D eigenvalue weighted by Gasteiger charge is 2.01. The van der Waals surface area contributed by atoms with Crippen molar-refractivity contribution in [2.45, 2.75) is 6.92 Å². The van der Waals surface area contributed by atoms with Gasteiger partial charge >= 0.3 is 0 Å². The van der Waals surface area contributed by atoms with Crippen molar-refractivity contribution in [2.24, 2.45) is 0 Å². The predicted molar refractivity (Wildman–Crippen MR) is 73.6 cm³/mol. The van der Waals surface area contributed by atoms with Crippen molar-refractivity contribution in [3.63, 3.8) is 0 Å². The van der Waals surface area contributed by atoms with E-state index >= 15 is 0 Å². The van der Waals surface area contributed by atoms with Gasteiger partial charge in [-0.3, -0.25) is 0 Å². The zero-order valence-electron chi connectivity index (χ0n) is 10.5. The van der Waals surface area contributed by atoms with Gasteiger partial charge in [-0.1, -0.05) is 17.7 Å². The largest absolute Gasteiger partial charge is 0.340 e. The SMILES string of the molecule is Cc1ccc(Nc2cc(-n3cccn3)ncn2)cc1. The van der Waals surface area contributed by atoms with Crippen LogP contribution in [0.1, 0.15) is 5.56 Å². The van der Waals surface area contributed by atoms with Gasteiger partial charge in [-0.05, 0) is 25.1 Å². The summed E-state index contributed by atoms with van der Waals surface area (Å²) in [5.41, 5.74) is 2.22. The molecule has 0 aliphatic heterocycles. The summed E-state index contributed by atoms with van der Waals surface area (Å²) in [5, 5.41) is 7.39. The van der Waals surface area contributed by atoms with Crippen LogP contribution in [0.15, 0.2) is 55.1 Å².